The molecule has 722 valence electrons. The van der Waals surface area contributed by atoms with Crippen molar-refractivity contribution in [2.45, 2.75) is 182 Å². The van der Waals surface area contributed by atoms with E-state index in [-0.39, 0.29) is 181 Å². The minimum absolute atomic E-state index is 0.00592. The van der Waals surface area contributed by atoms with Crippen molar-refractivity contribution in [3.8, 4) is 50.8 Å². The third kappa shape index (κ3) is 18.3. The second-order valence-corrected chi connectivity index (χ2v) is 37.8. The van der Waals surface area contributed by atoms with Gasteiger partial charge in [-0.05, 0) is 204 Å². The Balaban J connectivity index is 0.000000151. The molecule has 6 aliphatic rings. The number of halogens is 6. The summed E-state index contributed by atoms with van der Waals surface area (Å²) < 4.78 is 101. The Labute approximate surface area is 802 Å². The number of carbonyl (C=O) groups excluding carboxylic acids is 5. The molecule has 0 N–H and O–H groups in total. The van der Waals surface area contributed by atoms with Crippen molar-refractivity contribution in [1.29, 1.82) is 0 Å². The van der Waals surface area contributed by atoms with Crippen molar-refractivity contribution in [2.75, 3.05) is 103 Å². The molecule has 139 heavy (non-hydrogen) atoms. The van der Waals surface area contributed by atoms with E-state index in [0.717, 1.165) is 46.2 Å². The molecule has 6 aliphatic heterocycles. The zero-order valence-electron chi connectivity index (χ0n) is 80.7. The Bertz CT molecular complexity index is 7180. The van der Waals surface area contributed by atoms with Crippen LogP contribution in [0.1, 0.15) is 166 Å². The molecule has 32 heteroatoms. The predicted molar refractivity (Wildman–Crippen MR) is 533 cm³/mol. The molecule has 3 fully saturated rings. The molecule has 5 amide bonds. The van der Waals surface area contributed by atoms with Crippen LogP contribution in [0, 0.1) is 34.9 Å². The molecule has 0 saturated carbocycles. The number of hydrogen-bond acceptors (Lipinski definition) is 18. The van der Waals surface area contributed by atoms with Gasteiger partial charge < -0.3 is 44.1 Å². The molecule has 12 aromatic rings. The van der Waals surface area contributed by atoms with Gasteiger partial charge in [-0.15, -0.1) is 0 Å². The van der Waals surface area contributed by atoms with E-state index < -0.39 is 52.0 Å². The van der Waals surface area contributed by atoms with E-state index in [0.29, 0.717) is 113 Å². The first-order valence-corrected chi connectivity index (χ1v) is 47.4. The molecule has 0 aliphatic carbocycles. The molecule has 0 spiro atoms. The number of fused-ring (bicyclic) bond motifs is 15. The van der Waals surface area contributed by atoms with Gasteiger partial charge in [-0.2, -0.15) is 15.0 Å². The molecule has 18 rings (SSSR count). The highest BCUT2D eigenvalue weighted by Crippen LogP contribution is 2.45. The number of nitrogens with zero attached hydrogens (tertiary/aromatic N) is 18. The van der Waals surface area contributed by atoms with E-state index >= 15 is 26.3 Å². The van der Waals surface area contributed by atoms with Gasteiger partial charge in [0.15, 0.2) is 34.4 Å². The van der Waals surface area contributed by atoms with E-state index in [4.69, 9.17) is 15.0 Å². The summed E-state index contributed by atoms with van der Waals surface area (Å²) in [5.74, 6) is -4.74. The number of piperazine rings is 3. The smallest absolute Gasteiger partial charge is 0.355 e. The Morgan fingerprint density at radius 1 is 0.360 bits per heavy atom. The Hall–Kier alpha value is -14.5. The predicted octanol–water partition coefficient (Wildman–Crippen LogP) is 17.4. The highest BCUT2D eigenvalue weighted by Gasteiger charge is 2.40. The lowest BCUT2D eigenvalue weighted by Crippen LogP contribution is -2.58. The van der Waals surface area contributed by atoms with Crippen LogP contribution in [0.2, 0.25) is 0 Å². The zero-order chi connectivity index (χ0) is 99.5. The fraction of sp³-hybridized carbons (Fsp3) is 0.364. The first-order valence-electron chi connectivity index (χ1n) is 47.4. The molecule has 0 unspecified atom stereocenters. The monoisotopic (exact) mass is 1890 g/mol. The van der Waals surface area contributed by atoms with Gasteiger partial charge >= 0.3 is 17.1 Å². The van der Waals surface area contributed by atoms with Crippen LogP contribution in [0.3, 0.4) is 0 Å². The topological polar surface area (TPSA) is 258 Å². The standard InChI is InChI=1S/C36H38F2N6O3.C36H40F2N6O2.C35H36F2N6O3/c1-7-29(45)42-18-22(5)43(19-21(42)4)34-25-17-27(38)32-31-26(37)14-10-15-28(31)41(6)30(46)16-9-12-23-11-8-13-24(20(2)3)33(23)44(35(25)39-32)36(47)40-34;1-7-30(45)42-19-23(5)43(20-22(42)4)34-26-18-28(38)32-31-27(37)15-11-16-29(31)41(6)17-9-8-12-24-13-10-14-25(21(2)3)33(24)44(35(26)39-32)36(46)40-34;1-6-28(44)41-16-17-42(21(4)19-41)33-24-18-26(37)31-30-25(36)13-9-14-27(30)40(5)29(45)15-8-11-22-10-7-12-23(20(2)3)32(22)43(34(24)38-31)35(46)39-33/h7-8,10-11,13-15,17,20-22H,1,9,12,16,18-19H2,2-6H3;7,10-11,13-16,18,21-23H,1,8-9,12,17,19-20H2,2-6H3;6-7,9-10,12-14,18,20-21H,1,8,11,15-17,19H2,2-5H3/t21-,22+;22-,23+;21-/m110/s1. The van der Waals surface area contributed by atoms with Crippen molar-refractivity contribution in [3.05, 3.63) is 265 Å². The number of aryl methyl sites for hydroxylation is 3. The summed E-state index contributed by atoms with van der Waals surface area (Å²) in [5, 5.41) is 0.891. The number of hydrogen-bond donors (Lipinski definition) is 0. The van der Waals surface area contributed by atoms with E-state index in [9.17, 15) is 38.4 Å². The van der Waals surface area contributed by atoms with Gasteiger partial charge in [0.2, 0.25) is 29.5 Å². The van der Waals surface area contributed by atoms with E-state index in [2.05, 4.69) is 48.5 Å². The third-order valence-electron chi connectivity index (χ3n) is 27.6. The Morgan fingerprint density at radius 3 is 1.04 bits per heavy atom. The molecular formula is C107H114F6N18O8. The van der Waals surface area contributed by atoms with Crippen molar-refractivity contribution < 1.29 is 50.3 Å². The molecule has 6 aromatic carbocycles. The molecule has 12 heterocycles. The van der Waals surface area contributed by atoms with E-state index in [1.54, 1.807) is 53.1 Å². The molecule has 3 saturated heterocycles. The first-order chi connectivity index (χ1) is 66.4. The normalized spacial score (nSPS) is 18.0. The summed E-state index contributed by atoms with van der Waals surface area (Å²) >= 11 is 0. The SMILES string of the molecule is C=CC(=O)N1CCN(c2nc(=O)n3c4nc(c(F)cc24)-c2c(F)cccc2N(C)C(=O)CCCc2cccc(C(C)C)c2-3)[C@@H](C)C1.C=CC(=O)N1C[C@H](C)N(c2nc(=O)n3c4nc(c(F)cc24)-c2c(F)cccc2N(C)C(=O)CCCc2cccc(C(C)C)c2-3)C[C@H]1C.C=CC(=O)N1C[C@H](C)N(c2nc(=O)n3c4nc(c(F)cc24)-c2c(F)cccc2N(C)CCCCc2cccc(C(C)C)c2-3)C[C@H]1C. The maximum Gasteiger partial charge on any atom is 0.355 e. The largest absolute Gasteiger partial charge is 0.374 e. The van der Waals surface area contributed by atoms with Crippen molar-refractivity contribution >= 4 is 97.2 Å². The average molecular weight is 1890 g/mol. The van der Waals surface area contributed by atoms with Gasteiger partial charge in [-0.1, -0.05) is 134 Å². The summed E-state index contributed by atoms with van der Waals surface area (Å²) in [4.78, 5) is 151. The number of amides is 5. The van der Waals surface area contributed by atoms with Crippen LogP contribution in [0.15, 0.2) is 180 Å². The van der Waals surface area contributed by atoms with E-state index in [1.807, 2.05) is 144 Å². The second-order valence-electron chi connectivity index (χ2n) is 37.8. The minimum Gasteiger partial charge on any atom is -0.374 e. The van der Waals surface area contributed by atoms with Crippen LogP contribution in [-0.2, 0) is 43.2 Å². The molecule has 6 bridgehead atoms. The quantitative estimate of drug-likeness (QED) is 0.0961. The molecule has 0 radical (unpaired) electrons. The Kier molecular flexibility index (Phi) is 28.0. The molecule has 5 atom stereocenters. The fourth-order valence-electron chi connectivity index (χ4n) is 20.4. The lowest BCUT2D eigenvalue weighted by molar-refractivity contribution is -0.129. The summed E-state index contributed by atoms with van der Waals surface area (Å²) in [6, 6.07) is 33.3. The lowest BCUT2D eigenvalue weighted by Gasteiger charge is -2.44. The van der Waals surface area contributed by atoms with Gasteiger partial charge in [0.1, 0.15) is 52.0 Å². The maximum absolute atomic E-state index is 16.4. The van der Waals surface area contributed by atoms with Crippen LogP contribution in [0.25, 0.3) is 83.9 Å². The third-order valence-corrected chi connectivity index (χ3v) is 27.6. The second kappa shape index (κ2) is 39.9. The number of para-hydroxylation sites is 3. The number of carbonyl (C=O) groups is 5. The zero-order valence-corrected chi connectivity index (χ0v) is 80.7. The summed E-state index contributed by atoms with van der Waals surface area (Å²) in [6.07, 6.45) is 8.38. The van der Waals surface area contributed by atoms with Gasteiger partial charge in [0.05, 0.1) is 61.3 Å². The highest BCUT2D eigenvalue weighted by atomic mass is 19.1. The molecule has 26 nitrogen and oxygen atoms in total. The van der Waals surface area contributed by atoms with Gasteiger partial charge in [-0.25, -0.2) is 69.4 Å². The maximum atomic E-state index is 16.4. The van der Waals surface area contributed by atoms with Gasteiger partial charge in [0, 0.05) is 122 Å². The van der Waals surface area contributed by atoms with Crippen LogP contribution >= 0.6 is 0 Å². The van der Waals surface area contributed by atoms with Crippen molar-refractivity contribution in [3.63, 3.8) is 0 Å². The minimum atomic E-state index is -0.827. The van der Waals surface area contributed by atoms with Gasteiger partial charge in [-0.3, -0.25) is 24.0 Å². The molecule has 6 aromatic heterocycles. The summed E-state index contributed by atoms with van der Waals surface area (Å²) in [6.45, 7) is 35.7. The average Bonchev–Trinajstić information content (AvgIpc) is 1.20. The highest BCUT2D eigenvalue weighted by molar-refractivity contribution is 6.01. The summed E-state index contributed by atoms with van der Waals surface area (Å²) in [7, 11) is 4.96. The number of anilines is 6. The fourth-order valence-corrected chi connectivity index (χ4v) is 20.4. The van der Waals surface area contributed by atoms with E-state index in [1.165, 1.54) is 90.3 Å². The van der Waals surface area contributed by atoms with Crippen molar-refractivity contribution in [2.24, 2.45) is 0 Å². The first kappa shape index (κ1) is 97.6. The summed E-state index contributed by atoms with van der Waals surface area (Å²) in [5.41, 5.74) is 5.60. The number of aromatic nitrogens is 9. The van der Waals surface area contributed by atoms with Crippen LogP contribution in [0.5, 0.6) is 0 Å². The van der Waals surface area contributed by atoms with Crippen molar-refractivity contribution in [1.82, 2.24) is 58.3 Å². The number of pyridine rings is 3. The Morgan fingerprint density at radius 2 is 0.691 bits per heavy atom. The molecular weight excluding hydrogens is 1780 g/mol. The lowest BCUT2D eigenvalue weighted by atomic mass is 9.95. The van der Waals surface area contributed by atoms with Crippen LogP contribution in [0.4, 0.5) is 60.9 Å². The number of benzene rings is 6. The van der Waals surface area contributed by atoms with Crippen LogP contribution in [-0.4, -0.2) is 192 Å². The van der Waals surface area contributed by atoms with Gasteiger partial charge in [0.25, 0.3) is 0 Å². The van der Waals surface area contributed by atoms with Crippen LogP contribution < -0.4 is 46.5 Å². The number of rotatable bonds is 9.